The van der Waals surface area contributed by atoms with Crippen molar-refractivity contribution in [3.63, 3.8) is 0 Å². The SMILES string of the molecule is Fc1ccc(/C=C/c2nc3ccccc3nc2N2CCOCC2)cc1. The van der Waals surface area contributed by atoms with E-state index in [0.717, 1.165) is 41.2 Å². The van der Waals surface area contributed by atoms with Gasteiger partial charge in [0.15, 0.2) is 5.82 Å². The molecule has 0 bridgehead atoms. The quantitative estimate of drug-likeness (QED) is 0.730. The van der Waals surface area contributed by atoms with Crippen molar-refractivity contribution in [2.45, 2.75) is 0 Å². The molecule has 1 aromatic heterocycles. The standard InChI is InChI=1S/C20H18FN3O/c21-16-8-5-15(6-9-16)7-10-19-20(24-11-13-25-14-12-24)23-18-4-2-1-3-17(18)22-19/h1-10H,11-14H2/b10-7+. The molecular weight excluding hydrogens is 317 g/mol. The highest BCUT2D eigenvalue weighted by Gasteiger charge is 2.17. The molecule has 0 saturated carbocycles. The van der Waals surface area contributed by atoms with Crippen molar-refractivity contribution in [2.24, 2.45) is 0 Å². The van der Waals surface area contributed by atoms with Crippen LogP contribution in [0.1, 0.15) is 11.3 Å². The Morgan fingerprint density at radius 3 is 2.28 bits per heavy atom. The molecule has 1 saturated heterocycles. The van der Waals surface area contributed by atoms with Crippen molar-refractivity contribution >= 4 is 29.0 Å². The molecule has 1 aliphatic heterocycles. The van der Waals surface area contributed by atoms with Crippen molar-refractivity contribution in [2.75, 3.05) is 31.2 Å². The number of para-hydroxylation sites is 2. The van der Waals surface area contributed by atoms with Gasteiger partial charge in [0.2, 0.25) is 0 Å². The van der Waals surface area contributed by atoms with Crippen LogP contribution in [0.4, 0.5) is 10.2 Å². The van der Waals surface area contributed by atoms with E-state index in [0.29, 0.717) is 13.2 Å². The molecule has 0 amide bonds. The van der Waals surface area contributed by atoms with E-state index in [1.165, 1.54) is 12.1 Å². The number of morpholine rings is 1. The minimum absolute atomic E-state index is 0.239. The summed E-state index contributed by atoms with van der Waals surface area (Å²) < 4.78 is 18.5. The largest absolute Gasteiger partial charge is 0.378 e. The third-order valence-corrected chi connectivity index (χ3v) is 4.19. The number of aromatic nitrogens is 2. The van der Waals surface area contributed by atoms with Crippen LogP contribution < -0.4 is 4.90 Å². The molecule has 0 atom stereocenters. The summed E-state index contributed by atoms with van der Waals surface area (Å²) in [6.45, 7) is 2.97. The number of halogens is 1. The molecule has 0 unspecified atom stereocenters. The number of rotatable bonds is 3. The predicted molar refractivity (Wildman–Crippen MR) is 97.9 cm³/mol. The van der Waals surface area contributed by atoms with Gasteiger partial charge in [-0.25, -0.2) is 14.4 Å². The summed E-state index contributed by atoms with van der Waals surface area (Å²) in [7, 11) is 0. The van der Waals surface area contributed by atoms with Gasteiger partial charge in [0.1, 0.15) is 11.5 Å². The lowest BCUT2D eigenvalue weighted by Crippen LogP contribution is -2.37. The summed E-state index contributed by atoms with van der Waals surface area (Å²) in [6.07, 6.45) is 3.87. The lowest BCUT2D eigenvalue weighted by atomic mass is 10.2. The Kier molecular flexibility index (Phi) is 4.39. The van der Waals surface area contributed by atoms with Gasteiger partial charge in [0.05, 0.1) is 24.2 Å². The maximum Gasteiger partial charge on any atom is 0.155 e. The average Bonchev–Trinajstić information content (AvgIpc) is 2.67. The van der Waals surface area contributed by atoms with E-state index in [1.807, 2.05) is 36.4 Å². The summed E-state index contributed by atoms with van der Waals surface area (Å²) in [5.74, 6) is 0.622. The Labute approximate surface area is 145 Å². The first kappa shape index (κ1) is 15.7. The van der Waals surface area contributed by atoms with Crippen LogP contribution in [0.15, 0.2) is 48.5 Å². The molecule has 1 aliphatic rings. The summed E-state index contributed by atoms with van der Waals surface area (Å²) in [5, 5.41) is 0. The van der Waals surface area contributed by atoms with E-state index in [-0.39, 0.29) is 5.82 Å². The lowest BCUT2D eigenvalue weighted by molar-refractivity contribution is 0.122. The van der Waals surface area contributed by atoms with Gasteiger partial charge in [0, 0.05) is 13.1 Å². The molecule has 2 heterocycles. The molecular formula is C20H18FN3O. The van der Waals surface area contributed by atoms with Crippen LogP contribution in [0.25, 0.3) is 23.2 Å². The summed E-state index contributed by atoms with van der Waals surface area (Å²) in [4.78, 5) is 11.8. The van der Waals surface area contributed by atoms with Crippen LogP contribution in [0.2, 0.25) is 0 Å². The molecule has 126 valence electrons. The van der Waals surface area contributed by atoms with E-state index in [1.54, 1.807) is 12.1 Å². The second-order valence-corrected chi connectivity index (χ2v) is 5.91. The first-order valence-corrected chi connectivity index (χ1v) is 8.33. The Hall–Kier alpha value is -2.79. The first-order chi connectivity index (χ1) is 12.3. The van der Waals surface area contributed by atoms with E-state index in [9.17, 15) is 4.39 Å². The maximum absolute atomic E-state index is 13.1. The van der Waals surface area contributed by atoms with Crippen molar-refractivity contribution in [1.29, 1.82) is 0 Å². The molecule has 3 aromatic rings. The molecule has 2 aromatic carbocycles. The first-order valence-electron chi connectivity index (χ1n) is 8.33. The molecule has 0 aliphatic carbocycles. The smallest absolute Gasteiger partial charge is 0.155 e. The molecule has 0 radical (unpaired) electrons. The predicted octanol–water partition coefficient (Wildman–Crippen LogP) is 3.78. The maximum atomic E-state index is 13.1. The number of ether oxygens (including phenoxy) is 1. The Balaban J connectivity index is 1.75. The van der Waals surface area contributed by atoms with Crippen LogP contribution in [-0.4, -0.2) is 36.3 Å². The number of hydrogen-bond donors (Lipinski definition) is 0. The van der Waals surface area contributed by atoms with Crippen molar-refractivity contribution < 1.29 is 9.13 Å². The fourth-order valence-corrected chi connectivity index (χ4v) is 2.87. The molecule has 0 N–H and O–H groups in total. The number of benzene rings is 2. The Bertz CT molecular complexity index is 902. The number of hydrogen-bond acceptors (Lipinski definition) is 4. The summed E-state index contributed by atoms with van der Waals surface area (Å²) in [6, 6.07) is 14.3. The van der Waals surface area contributed by atoms with Crippen molar-refractivity contribution in [3.8, 4) is 0 Å². The van der Waals surface area contributed by atoms with Crippen LogP contribution in [0.5, 0.6) is 0 Å². The highest BCUT2D eigenvalue weighted by atomic mass is 19.1. The lowest BCUT2D eigenvalue weighted by Gasteiger charge is -2.28. The van der Waals surface area contributed by atoms with E-state index < -0.39 is 0 Å². The normalized spacial score (nSPS) is 15.2. The van der Waals surface area contributed by atoms with Crippen LogP contribution in [0.3, 0.4) is 0 Å². The van der Waals surface area contributed by atoms with E-state index in [2.05, 4.69) is 4.90 Å². The minimum atomic E-state index is -0.239. The fraction of sp³-hybridized carbons (Fsp3) is 0.200. The number of nitrogens with zero attached hydrogens (tertiary/aromatic N) is 3. The summed E-state index contributed by atoms with van der Waals surface area (Å²) >= 11 is 0. The average molecular weight is 335 g/mol. The van der Waals surface area contributed by atoms with Gasteiger partial charge in [-0.3, -0.25) is 0 Å². The molecule has 5 heteroatoms. The highest BCUT2D eigenvalue weighted by Crippen LogP contribution is 2.23. The highest BCUT2D eigenvalue weighted by molar-refractivity contribution is 5.82. The minimum Gasteiger partial charge on any atom is -0.378 e. The van der Waals surface area contributed by atoms with Gasteiger partial charge in [-0.2, -0.15) is 0 Å². The molecule has 25 heavy (non-hydrogen) atoms. The van der Waals surface area contributed by atoms with Crippen LogP contribution in [0, 0.1) is 5.82 Å². The topological polar surface area (TPSA) is 38.2 Å². The molecule has 4 rings (SSSR count). The van der Waals surface area contributed by atoms with Gasteiger partial charge in [-0.15, -0.1) is 0 Å². The third kappa shape index (κ3) is 3.51. The van der Waals surface area contributed by atoms with Crippen molar-refractivity contribution in [1.82, 2.24) is 9.97 Å². The Morgan fingerprint density at radius 2 is 1.56 bits per heavy atom. The zero-order valence-electron chi connectivity index (χ0n) is 13.7. The Morgan fingerprint density at radius 1 is 0.880 bits per heavy atom. The second-order valence-electron chi connectivity index (χ2n) is 5.91. The zero-order chi connectivity index (χ0) is 17.1. The molecule has 1 fully saturated rings. The monoisotopic (exact) mass is 335 g/mol. The van der Waals surface area contributed by atoms with Gasteiger partial charge in [-0.1, -0.05) is 30.3 Å². The van der Waals surface area contributed by atoms with Gasteiger partial charge in [-0.05, 0) is 35.9 Å². The molecule has 4 nitrogen and oxygen atoms in total. The number of fused-ring (bicyclic) bond motifs is 1. The van der Waals surface area contributed by atoms with E-state index >= 15 is 0 Å². The second kappa shape index (κ2) is 6.99. The van der Waals surface area contributed by atoms with Gasteiger partial charge in [0.25, 0.3) is 0 Å². The summed E-state index contributed by atoms with van der Waals surface area (Å²) in [5.41, 5.74) is 3.47. The van der Waals surface area contributed by atoms with Crippen LogP contribution in [-0.2, 0) is 4.74 Å². The third-order valence-electron chi connectivity index (χ3n) is 4.19. The van der Waals surface area contributed by atoms with E-state index in [4.69, 9.17) is 14.7 Å². The van der Waals surface area contributed by atoms with Gasteiger partial charge >= 0.3 is 0 Å². The zero-order valence-corrected chi connectivity index (χ0v) is 13.7. The number of anilines is 1. The van der Waals surface area contributed by atoms with Crippen LogP contribution >= 0.6 is 0 Å². The fourth-order valence-electron chi connectivity index (χ4n) is 2.87. The van der Waals surface area contributed by atoms with Crippen molar-refractivity contribution in [3.05, 3.63) is 65.6 Å². The van der Waals surface area contributed by atoms with Gasteiger partial charge < -0.3 is 9.64 Å². The molecule has 0 spiro atoms.